The van der Waals surface area contributed by atoms with Crippen LogP contribution in [0.15, 0.2) is 30.5 Å². The maximum atomic E-state index is 12.0. The summed E-state index contributed by atoms with van der Waals surface area (Å²) in [5, 5.41) is 5.80. The first-order chi connectivity index (χ1) is 12.3. The van der Waals surface area contributed by atoms with Gasteiger partial charge in [0, 0.05) is 45.8 Å². The molecule has 0 unspecified atom stereocenters. The number of hydrogen-bond acceptors (Lipinski definition) is 3. The Morgan fingerprint density at radius 3 is 2.88 bits per heavy atom. The number of aryl methyl sites for hydroxylation is 2. The molecule has 0 bridgehead atoms. The number of methoxy groups -OCH3 is 1. The smallest absolute Gasteiger partial charge is 0.315 e. The average Bonchev–Trinajstić information content (AvgIpc) is 3.04. The zero-order chi connectivity index (χ0) is 17.5. The third-order valence-electron chi connectivity index (χ3n) is 4.48. The predicted molar refractivity (Wildman–Crippen MR) is 96.3 cm³/mol. The molecule has 1 aromatic heterocycles. The Kier molecular flexibility index (Phi) is 6.06. The molecular formula is C19H26N4O2. The Balaban J connectivity index is 1.42. The molecule has 3 rings (SSSR count). The number of carbonyl (C=O) groups excluding carboxylic acids is 1. The van der Waals surface area contributed by atoms with Crippen LogP contribution in [-0.4, -0.2) is 29.2 Å². The van der Waals surface area contributed by atoms with Gasteiger partial charge in [0.15, 0.2) is 0 Å². The number of amides is 2. The molecule has 1 aliphatic rings. The fraction of sp³-hybridized carbons (Fsp3) is 0.474. The van der Waals surface area contributed by atoms with Crippen molar-refractivity contribution in [3.05, 3.63) is 53.1 Å². The summed E-state index contributed by atoms with van der Waals surface area (Å²) in [6, 6.07) is 7.80. The molecule has 0 saturated carbocycles. The summed E-state index contributed by atoms with van der Waals surface area (Å²) in [6.45, 7) is 2.69. The molecule has 0 fully saturated rings. The first kappa shape index (κ1) is 17.5. The second kappa shape index (κ2) is 8.67. The standard InChI is InChI=1S/C19H26N4O2/c1-25-14-16-7-3-2-6-15(16)12-21-19(24)20-10-9-17-13-23-11-5-4-8-18(23)22-17/h2-3,6-7,13H,4-5,8-12,14H2,1H3,(H2,20,21,24). The monoisotopic (exact) mass is 342 g/mol. The molecule has 6 heteroatoms. The van der Waals surface area contributed by atoms with Crippen molar-refractivity contribution in [2.24, 2.45) is 0 Å². The highest BCUT2D eigenvalue weighted by atomic mass is 16.5. The van der Waals surface area contributed by atoms with Crippen molar-refractivity contribution in [3.63, 3.8) is 0 Å². The van der Waals surface area contributed by atoms with Crippen molar-refractivity contribution in [1.29, 1.82) is 0 Å². The van der Waals surface area contributed by atoms with E-state index in [2.05, 4.69) is 26.4 Å². The largest absolute Gasteiger partial charge is 0.380 e. The van der Waals surface area contributed by atoms with Crippen molar-refractivity contribution in [3.8, 4) is 0 Å². The number of nitrogens with one attached hydrogen (secondary N) is 2. The Morgan fingerprint density at radius 1 is 1.24 bits per heavy atom. The number of rotatable bonds is 7. The zero-order valence-corrected chi connectivity index (χ0v) is 14.8. The molecule has 2 N–H and O–H groups in total. The minimum Gasteiger partial charge on any atom is -0.380 e. The molecule has 1 aliphatic heterocycles. The summed E-state index contributed by atoms with van der Waals surface area (Å²) in [5.41, 5.74) is 3.22. The maximum absolute atomic E-state index is 12.0. The van der Waals surface area contributed by atoms with Crippen molar-refractivity contribution in [2.45, 2.75) is 45.4 Å². The Hall–Kier alpha value is -2.34. The van der Waals surface area contributed by atoms with Crippen molar-refractivity contribution < 1.29 is 9.53 Å². The van der Waals surface area contributed by atoms with Crippen LogP contribution in [0.25, 0.3) is 0 Å². The Labute approximate surface area is 148 Å². The number of aromatic nitrogens is 2. The van der Waals surface area contributed by atoms with Gasteiger partial charge in [-0.15, -0.1) is 0 Å². The number of carbonyl (C=O) groups is 1. The number of nitrogens with zero attached hydrogens (tertiary/aromatic N) is 2. The molecule has 0 radical (unpaired) electrons. The molecule has 6 nitrogen and oxygen atoms in total. The van der Waals surface area contributed by atoms with E-state index in [1.165, 1.54) is 18.7 Å². The molecule has 2 aromatic rings. The minimum absolute atomic E-state index is 0.156. The van der Waals surface area contributed by atoms with Gasteiger partial charge in [-0.05, 0) is 24.0 Å². The topological polar surface area (TPSA) is 68.2 Å². The van der Waals surface area contributed by atoms with E-state index in [1.54, 1.807) is 7.11 Å². The van der Waals surface area contributed by atoms with Gasteiger partial charge in [0.2, 0.25) is 0 Å². The van der Waals surface area contributed by atoms with Gasteiger partial charge in [0.25, 0.3) is 0 Å². The lowest BCUT2D eigenvalue weighted by atomic mass is 10.1. The van der Waals surface area contributed by atoms with Gasteiger partial charge in [-0.3, -0.25) is 0 Å². The lowest BCUT2D eigenvalue weighted by Crippen LogP contribution is -2.36. The molecule has 0 saturated heterocycles. The molecule has 2 amide bonds. The fourth-order valence-corrected chi connectivity index (χ4v) is 3.16. The SMILES string of the molecule is COCc1ccccc1CNC(=O)NCCc1cn2c(n1)CCCC2. The van der Waals surface area contributed by atoms with E-state index in [-0.39, 0.29) is 6.03 Å². The normalized spacial score (nSPS) is 13.3. The van der Waals surface area contributed by atoms with E-state index in [9.17, 15) is 4.79 Å². The number of ether oxygens (including phenoxy) is 1. The van der Waals surface area contributed by atoms with Crippen LogP contribution in [0.1, 0.15) is 35.5 Å². The fourth-order valence-electron chi connectivity index (χ4n) is 3.16. The van der Waals surface area contributed by atoms with E-state index in [0.717, 1.165) is 36.2 Å². The van der Waals surface area contributed by atoms with Crippen molar-refractivity contribution in [2.75, 3.05) is 13.7 Å². The Bertz CT molecular complexity index is 688. The highest BCUT2D eigenvalue weighted by molar-refractivity contribution is 5.73. The van der Waals surface area contributed by atoms with Gasteiger partial charge in [0.1, 0.15) is 5.82 Å². The molecule has 0 spiro atoms. The number of imidazole rings is 1. The molecular weight excluding hydrogens is 316 g/mol. The lowest BCUT2D eigenvalue weighted by Gasteiger charge is -2.11. The van der Waals surface area contributed by atoms with Gasteiger partial charge in [0.05, 0.1) is 12.3 Å². The number of fused-ring (bicyclic) bond motifs is 1. The highest BCUT2D eigenvalue weighted by Crippen LogP contribution is 2.14. The Morgan fingerprint density at radius 2 is 2.08 bits per heavy atom. The third kappa shape index (κ3) is 4.82. The second-order valence-corrected chi connectivity index (χ2v) is 6.36. The molecule has 0 aliphatic carbocycles. The van der Waals surface area contributed by atoms with Crippen LogP contribution in [0.5, 0.6) is 0 Å². The summed E-state index contributed by atoms with van der Waals surface area (Å²) >= 11 is 0. The van der Waals surface area contributed by atoms with E-state index in [0.29, 0.717) is 19.7 Å². The van der Waals surface area contributed by atoms with Crippen LogP contribution in [0.3, 0.4) is 0 Å². The van der Waals surface area contributed by atoms with Crippen LogP contribution >= 0.6 is 0 Å². The van der Waals surface area contributed by atoms with E-state index < -0.39 is 0 Å². The predicted octanol–water partition coefficient (Wildman–Crippen LogP) is 2.41. The molecule has 134 valence electrons. The summed E-state index contributed by atoms with van der Waals surface area (Å²) in [5.74, 6) is 1.18. The van der Waals surface area contributed by atoms with Gasteiger partial charge in [-0.25, -0.2) is 9.78 Å². The summed E-state index contributed by atoms with van der Waals surface area (Å²) in [7, 11) is 1.67. The van der Waals surface area contributed by atoms with Crippen LogP contribution in [0.2, 0.25) is 0 Å². The van der Waals surface area contributed by atoms with Gasteiger partial charge >= 0.3 is 6.03 Å². The van der Waals surface area contributed by atoms with E-state index in [1.807, 2.05) is 24.3 Å². The second-order valence-electron chi connectivity index (χ2n) is 6.36. The maximum Gasteiger partial charge on any atom is 0.315 e. The molecule has 1 aromatic carbocycles. The number of benzene rings is 1. The number of urea groups is 1. The van der Waals surface area contributed by atoms with E-state index >= 15 is 0 Å². The van der Waals surface area contributed by atoms with Crippen molar-refractivity contribution in [1.82, 2.24) is 20.2 Å². The van der Waals surface area contributed by atoms with Crippen LogP contribution in [0, 0.1) is 0 Å². The zero-order valence-electron chi connectivity index (χ0n) is 14.8. The van der Waals surface area contributed by atoms with Gasteiger partial charge in [-0.1, -0.05) is 24.3 Å². The van der Waals surface area contributed by atoms with Crippen LogP contribution in [-0.2, 0) is 37.3 Å². The number of hydrogen-bond donors (Lipinski definition) is 2. The average molecular weight is 342 g/mol. The lowest BCUT2D eigenvalue weighted by molar-refractivity contribution is 0.184. The summed E-state index contributed by atoms with van der Waals surface area (Å²) < 4.78 is 7.43. The third-order valence-corrected chi connectivity index (χ3v) is 4.48. The molecule has 25 heavy (non-hydrogen) atoms. The minimum atomic E-state index is -0.156. The first-order valence-electron chi connectivity index (χ1n) is 8.88. The molecule has 0 atom stereocenters. The summed E-state index contributed by atoms with van der Waals surface area (Å²) in [4.78, 5) is 16.6. The van der Waals surface area contributed by atoms with E-state index in [4.69, 9.17) is 4.74 Å². The highest BCUT2D eigenvalue weighted by Gasteiger charge is 2.12. The van der Waals surface area contributed by atoms with Gasteiger partial charge < -0.3 is 19.9 Å². The van der Waals surface area contributed by atoms with Gasteiger partial charge in [-0.2, -0.15) is 0 Å². The van der Waals surface area contributed by atoms with Crippen LogP contribution in [0.4, 0.5) is 4.79 Å². The van der Waals surface area contributed by atoms with Crippen molar-refractivity contribution >= 4 is 6.03 Å². The van der Waals surface area contributed by atoms with Crippen LogP contribution < -0.4 is 10.6 Å². The summed E-state index contributed by atoms with van der Waals surface area (Å²) in [6.07, 6.45) is 6.40. The first-order valence-corrected chi connectivity index (χ1v) is 8.88. The molecule has 2 heterocycles. The quantitative estimate of drug-likeness (QED) is 0.812.